The number of nitrogens with one attached hydrogen (secondary N) is 1. The van der Waals surface area contributed by atoms with Crippen LogP contribution in [0.5, 0.6) is 0 Å². The summed E-state index contributed by atoms with van der Waals surface area (Å²) in [6, 6.07) is 11.0. The van der Waals surface area contributed by atoms with Gasteiger partial charge in [-0.05, 0) is 50.1 Å². The van der Waals surface area contributed by atoms with Crippen LogP contribution in [-0.2, 0) is 21.0 Å². The van der Waals surface area contributed by atoms with Crippen LogP contribution in [0.15, 0.2) is 53.4 Å². The summed E-state index contributed by atoms with van der Waals surface area (Å²) in [7, 11) is -4.06. The number of rotatable bonds is 4. The van der Waals surface area contributed by atoms with E-state index in [0.29, 0.717) is 24.6 Å². The van der Waals surface area contributed by atoms with Crippen LogP contribution < -0.4 is 5.32 Å². The van der Waals surface area contributed by atoms with Crippen molar-refractivity contribution in [2.24, 2.45) is 5.92 Å². The minimum absolute atomic E-state index is 0.0740. The largest absolute Gasteiger partial charge is 0.416 e. The molecule has 1 aliphatic heterocycles. The van der Waals surface area contributed by atoms with E-state index >= 15 is 0 Å². The highest BCUT2D eigenvalue weighted by molar-refractivity contribution is 7.89. The molecule has 2 aromatic carbocycles. The first kappa shape index (κ1) is 21.3. The molecular weight excluding hydrogens is 405 g/mol. The van der Waals surface area contributed by atoms with E-state index in [-0.39, 0.29) is 24.9 Å². The van der Waals surface area contributed by atoms with Gasteiger partial charge in [0.1, 0.15) is 0 Å². The minimum Gasteiger partial charge on any atom is -0.326 e. The molecule has 2 aromatic rings. The SMILES string of the molecule is Cc1ccc(NC(=O)C2CCN(S(=O)(=O)c3cccc(C(F)(F)F)c3)CC2)cc1. The van der Waals surface area contributed by atoms with Gasteiger partial charge >= 0.3 is 6.18 Å². The van der Waals surface area contributed by atoms with Crippen LogP contribution in [0.4, 0.5) is 18.9 Å². The summed E-state index contributed by atoms with van der Waals surface area (Å²) < 4.78 is 65.2. The second kappa shape index (κ2) is 8.16. The maximum absolute atomic E-state index is 12.9. The van der Waals surface area contributed by atoms with Gasteiger partial charge < -0.3 is 5.32 Å². The van der Waals surface area contributed by atoms with Crippen molar-refractivity contribution in [3.8, 4) is 0 Å². The fourth-order valence-electron chi connectivity index (χ4n) is 3.22. The average molecular weight is 426 g/mol. The summed E-state index contributed by atoms with van der Waals surface area (Å²) >= 11 is 0. The van der Waals surface area contributed by atoms with Gasteiger partial charge in [-0.3, -0.25) is 4.79 Å². The fraction of sp³-hybridized carbons (Fsp3) is 0.350. The molecule has 1 amide bonds. The summed E-state index contributed by atoms with van der Waals surface area (Å²) in [6.07, 6.45) is -4.02. The van der Waals surface area contributed by atoms with Crippen LogP contribution in [0.3, 0.4) is 0 Å². The van der Waals surface area contributed by atoms with Crippen LogP contribution >= 0.6 is 0 Å². The number of hydrogen-bond acceptors (Lipinski definition) is 3. The second-order valence-corrected chi connectivity index (χ2v) is 9.00. The van der Waals surface area contributed by atoms with Crippen molar-refractivity contribution in [2.75, 3.05) is 18.4 Å². The number of piperidine rings is 1. The molecule has 1 N–H and O–H groups in total. The molecule has 1 heterocycles. The Balaban J connectivity index is 1.65. The molecule has 0 unspecified atom stereocenters. The van der Waals surface area contributed by atoms with E-state index in [2.05, 4.69) is 5.32 Å². The van der Waals surface area contributed by atoms with E-state index in [1.54, 1.807) is 12.1 Å². The number of alkyl halides is 3. The third-order valence-electron chi connectivity index (χ3n) is 4.94. The maximum atomic E-state index is 12.9. The van der Waals surface area contributed by atoms with E-state index in [0.717, 1.165) is 28.1 Å². The lowest BCUT2D eigenvalue weighted by molar-refractivity contribution is -0.137. The molecule has 5 nitrogen and oxygen atoms in total. The normalized spacial score (nSPS) is 16.6. The molecule has 0 saturated carbocycles. The molecule has 1 fully saturated rings. The Morgan fingerprint density at radius 1 is 1.07 bits per heavy atom. The summed E-state index contributed by atoms with van der Waals surface area (Å²) in [5, 5.41) is 2.82. The van der Waals surface area contributed by atoms with Crippen molar-refractivity contribution in [3.05, 3.63) is 59.7 Å². The molecule has 9 heteroatoms. The highest BCUT2D eigenvalue weighted by atomic mass is 32.2. The molecular formula is C20H21F3N2O3S. The first-order valence-electron chi connectivity index (χ1n) is 9.12. The van der Waals surface area contributed by atoms with E-state index < -0.39 is 26.7 Å². The third-order valence-corrected chi connectivity index (χ3v) is 6.84. The number of carbonyl (C=O) groups is 1. The summed E-state index contributed by atoms with van der Waals surface area (Å²) in [5.41, 5.74) is 0.724. The van der Waals surface area contributed by atoms with Gasteiger partial charge in [0.25, 0.3) is 0 Å². The van der Waals surface area contributed by atoms with Gasteiger partial charge in [-0.25, -0.2) is 8.42 Å². The predicted molar refractivity (Wildman–Crippen MR) is 103 cm³/mol. The third kappa shape index (κ3) is 4.97. The molecule has 29 heavy (non-hydrogen) atoms. The van der Waals surface area contributed by atoms with Crippen molar-refractivity contribution < 1.29 is 26.4 Å². The van der Waals surface area contributed by atoms with Crippen LogP contribution in [0, 0.1) is 12.8 Å². The number of aryl methyl sites for hydroxylation is 1. The summed E-state index contributed by atoms with van der Waals surface area (Å²) in [6.45, 7) is 2.08. The second-order valence-electron chi connectivity index (χ2n) is 7.06. The van der Waals surface area contributed by atoms with Gasteiger partial charge in [0.15, 0.2) is 0 Å². The van der Waals surface area contributed by atoms with Gasteiger partial charge in [-0.1, -0.05) is 23.8 Å². The summed E-state index contributed by atoms with van der Waals surface area (Å²) in [5.74, 6) is -0.547. The Labute approximate surface area is 167 Å². The average Bonchev–Trinajstić information content (AvgIpc) is 2.69. The highest BCUT2D eigenvalue weighted by Crippen LogP contribution is 2.32. The standard InChI is InChI=1S/C20H21F3N2O3S/c1-14-5-7-17(8-6-14)24-19(26)15-9-11-25(12-10-15)29(27,28)18-4-2-3-16(13-18)20(21,22)23/h2-8,13,15H,9-12H2,1H3,(H,24,26). The smallest absolute Gasteiger partial charge is 0.326 e. The number of benzene rings is 2. The Hall–Kier alpha value is -2.39. The Bertz CT molecular complexity index is 981. The number of hydrogen-bond donors (Lipinski definition) is 1. The van der Waals surface area contributed by atoms with Gasteiger partial charge in [0, 0.05) is 24.7 Å². The van der Waals surface area contributed by atoms with E-state index in [1.807, 2.05) is 19.1 Å². The number of amides is 1. The van der Waals surface area contributed by atoms with Gasteiger partial charge in [0.2, 0.25) is 15.9 Å². The van der Waals surface area contributed by atoms with Crippen molar-refractivity contribution >= 4 is 21.6 Å². The minimum atomic E-state index is -4.62. The van der Waals surface area contributed by atoms with E-state index in [1.165, 1.54) is 0 Å². The predicted octanol–water partition coefficient (Wildman–Crippen LogP) is 4.05. The molecule has 0 atom stereocenters. The zero-order valence-electron chi connectivity index (χ0n) is 15.7. The van der Waals surface area contributed by atoms with Gasteiger partial charge in [-0.15, -0.1) is 0 Å². The number of sulfonamides is 1. The molecule has 1 saturated heterocycles. The number of anilines is 1. The van der Waals surface area contributed by atoms with Crippen molar-refractivity contribution in [2.45, 2.75) is 30.8 Å². The molecule has 3 rings (SSSR count). The lowest BCUT2D eigenvalue weighted by atomic mass is 9.97. The molecule has 1 aliphatic rings. The van der Waals surface area contributed by atoms with Crippen LogP contribution in [-0.4, -0.2) is 31.7 Å². The monoisotopic (exact) mass is 426 g/mol. The van der Waals surface area contributed by atoms with Crippen molar-refractivity contribution in [3.63, 3.8) is 0 Å². The topological polar surface area (TPSA) is 66.5 Å². The summed E-state index contributed by atoms with van der Waals surface area (Å²) in [4.78, 5) is 12.0. The zero-order chi connectivity index (χ0) is 21.2. The van der Waals surface area contributed by atoms with Crippen LogP contribution in [0.25, 0.3) is 0 Å². The lowest BCUT2D eigenvalue weighted by Crippen LogP contribution is -2.41. The number of halogens is 3. The van der Waals surface area contributed by atoms with E-state index in [9.17, 15) is 26.4 Å². The first-order valence-corrected chi connectivity index (χ1v) is 10.6. The molecule has 0 bridgehead atoms. The zero-order valence-corrected chi connectivity index (χ0v) is 16.6. The van der Waals surface area contributed by atoms with Crippen molar-refractivity contribution in [1.29, 1.82) is 0 Å². The molecule has 0 aromatic heterocycles. The Morgan fingerprint density at radius 2 is 1.69 bits per heavy atom. The first-order chi connectivity index (χ1) is 13.6. The fourth-order valence-corrected chi connectivity index (χ4v) is 4.74. The molecule has 0 aliphatic carbocycles. The maximum Gasteiger partial charge on any atom is 0.416 e. The Morgan fingerprint density at radius 3 is 2.28 bits per heavy atom. The Kier molecular flexibility index (Phi) is 6.00. The van der Waals surface area contributed by atoms with Gasteiger partial charge in [-0.2, -0.15) is 17.5 Å². The lowest BCUT2D eigenvalue weighted by Gasteiger charge is -2.30. The highest BCUT2D eigenvalue weighted by Gasteiger charge is 2.35. The van der Waals surface area contributed by atoms with Gasteiger partial charge in [0.05, 0.1) is 10.5 Å². The quantitative estimate of drug-likeness (QED) is 0.802. The van der Waals surface area contributed by atoms with Crippen LogP contribution in [0.2, 0.25) is 0 Å². The molecule has 0 radical (unpaired) electrons. The van der Waals surface area contributed by atoms with E-state index in [4.69, 9.17) is 0 Å². The van der Waals surface area contributed by atoms with Crippen LogP contribution in [0.1, 0.15) is 24.0 Å². The molecule has 0 spiro atoms. The van der Waals surface area contributed by atoms with Crippen molar-refractivity contribution in [1.82, 2.24) is 4.31 Å². The number of carbonyl (C=O) groups excluding carboxylic acids is 1. The number of nitrogens with zero attached hydrogens (tertiary/aromatic N) is 1. The molecule has 156 valence electrons.